The van der Waals surface area contributed by atoms with Gasteiger partial charge in [0.05, 0.1) is 20.1 Å². The summed E-state index contributed by atoms with van der Waals surface area (Å²) in [6.07, 6.45) is 0.251. The minimum atomic E-state index is -0.259. The molecule has 0 radical (unpaired) electrons. The number of carbonyl (C=O) groups excluding carboxylic acids is 1. The molecule has 4 nitrogen and oxygen atoms in total. The molecule has 0 aliphatic carbocycles. The molecule has 0 N–H and O–H groups in total. The number of hydrogen-bond donors (Lipinski definition) is 0. The smallest absolute Gasteiger partial charge is 0.310 e. The topological polar surface area (TPSA) is 44.8 Å². The standard InChI is InChI=1S/C12H16O4/c1-14-6-7-16-12(13)9-10-4-3-5-11(8-10)15-2/h3-5,8H,6-7,9H2,1-2H3. The Hall–Kier alpha value is -1.55. The van der Waals surface area contributed by atoms with E-state index in [2.05, 4.69) is 0 Å². The molecule has 0 aliphatic heterocycles. The van der Waals surface area contributed by atoms with Crippen molar-refractivity contribution in [1.82, 2.24) is 0 Å². The van der Waals surface area contributed by atoms with E-state index in [1.807, 2.05) is 24.3 Å². The molecule has 0 unspecified atom stereocenters. The van der Waals surface area contributed by atoms with Crippen molar-refractivity contribution in [2.45, 2.75) is 6.42 Å². The lowest BCUT2D eigenvalue weighted by atomic mass is 10.1. The Labute approximate surface area is 95.1 Å². The van der Waals surface area contributed by atoms with Gasteiger partial charge in [-0.2, -0.15) is 0 Å². The summed E-state index contributed by atoms with van der Waals surface area (Å²) in [7, 11) is 3.16. The van der Waals surface area contributed by atoms with Gasteiger partial charge >= 0.3 is 5.97 Å². The highest BCUT2D eigenvalue weighted by molar-refractivity contribution is 5.72. The summed E-state index contributed by atoms with van der Waals surface area (Å²) in [5.41, 5.74) is 0.877. The van der Waals surface area contributed by atoms with Gasteiger partial charge in [0.15, 0.2) is 0 Å². The molecular weight excluding hydrogens is 208 g/mol. The Morgan fingerprint density at radius 3 is 2.75 bits per heavy atom. The van der Waals surface area contributed by atoms with Gasteiger partial charge in [-0.1, -0.05) is 12.1 Å². The number of benzene rings is 1. The van der Waals surface area contributed by atoms with Crippen LogP contribution in [-0.4, -0.2) is 33.4 Å². The molecule has 88 valence electrons. The van der Waals surface area contributed by atoms with E-state index in [1.54, 1.807) is 14.2 Å². The quantitative estimate of drug-likeness (QED) is 0.541. The number of rotatable bonds is 6. The molecule has 0 bridgehead atoms. The molecule has 0 saturated carbocycles. The number of esters is 1. The average Bonchev–Trinajstić information content (AvgIpc) is 2.29. The first kappa shape index (κ1) is 12.5. The van der Waals surface area contributed by atoms with E-state index in [9.17, 15) is 4.79 Å². The van der Waals surface area contributed by atoms with E-state index in [0.29, 0.717) is 13.2 Å². The zero-order valence-electron chi connectivity index (χ0n) is 9.56. The van der Waals surface area contributed by atoms with Crippen LogP contribution in [0.15, 0.2) is 24.3 Å². The van der Waals surface area contributed by atoms with E-state index < -0.39 is 0 Å². The van der Waals surface area contributed by atoms with E-state index in [-0.39, 0.29) is 12.4 Å². The van der Waals surface area contributed by atoms with Gasteiger partial charge in [-0.15, -0.1) is 0 Å². The van der Waals surface area contributed by atoms with Gasteiger partial charge in [-0.3, -0.25) is 4.79 Å². The first-order valence-electron chi connectivity index (χ1n) is 5.03. The molecule has 0 aliphatic rings. The molecular formula is C12H16O4. The fourth-order valence-corrected chi connectivity index (χ4v) is 1.24. The highest BCUT2D eigenvalue weighted by Gasteiger charge is 2.05. The Kier molecular flexibility index (Phi) is 5.36. The zero-order chi connectivity index (χ0) is 11.8. The maximum Gasteiger partial charge on any atom is 0.310 e. The van der Waals surface area contributed by atoms with Crippen molar-refractivity contribution in [3.05, 3.63) is 29.8 Å². The lowest BCUT2D eigenvalue weighted by Gasteiger charge is -2.05. The molecule has 4 heteroatoms. The van der Waals surface area contributed by atoms with Crippen molar-refractivity contribution < 1.29 is 19.0 Å². The van der Waals surface area contributed by atoms with Crippen molar-refractivity contribution in [3.63, 3.8) is 0 Å². The normalized spacial score (nSPS) is 9.88. The molecule has 0 amide bonds. The maximum atomic E-state index is 11.4. The second-order valence-electron chi connectivity index (χ2n) is 3.24. The molecule has 0 fully saturated rings. The molecule has 1 aromatic carbocycles. The Morgan fingerprint density at radius 2 is 2.06 bits per heavy atom. The number of carbonyl (C=O) groups is 1. The molecule has 0 saturated heterocycles. The van der Waals surface area contributed by atoms with E-state index >= 15 is 0 Å². The summed E-state index contributed by atoms with van der Waals surface area (Å²) in [5, 5.41) is 0. The number of methoxy groups -OCH3 is 2. The summed E-state index contributed by atoms with van der Waals surface area (Å²) >= 11 is 0. The van der Waals surface area contributed by atoms with E-state index in [4.69, 9.17) is 14.2 Å². The molecule has 1 aromatic rings. The lowest BCUT2D eigenvalue weighted by Crippen LogP contribution is -2.11. The average molecular weight is 224 g/mol. The minimum absolute atomic E-state index is 0.251. The van der Waals surface area contributed by atoms with E-state index in [0.717, 1.165) is 11.3 Å². The summed E-state index contributed by atoms with van der Waals surface area (Å²) in [6, 6.07) is 7.36. The third kappa shape index (κ3) is 4.31. The molecule has 0 heterocycles. The minimum Gasteiger partial charge on any atom is -0.497 e. The first-order chi connectivity index (χ1) is 7.76. The summed E-state index contributed by atoms with van der Waals surface area (Å²) in [5.74, 6) is 0.479. The summed E-state index contributed by atoms with van der Waals surface area (Å²) in [4.78, 5) is 11.4. The fraction of sp³-hybridized carbons (Fsp3) is 0.417. The second-order valence-corrected chi connectivity index (χ2v) is 3.24. The third-order valence-electron chi connectivity index (χ3n) is 2.03. The number of ether oxygens (including phenoxy) is 3. The molecule has 16 heavy (non-hydrogen) atoms. The van der Waals surface area contributed by atoms with Crippen LogP contribution in [0, 0.1) is 0 Å². The van der Waals surface area contributed by atoms with Crippen molar-refractivity contribution >= 4 is 5.97 Å². The highest BCUT2D eigenvalue weighted by atomic mass is 16.6. The van der Waals surface area contributed by atoms with Crippen LogP contribution in [0.25, 0.3) is 0 Å². The maximum absolute atomic E-state index is 11.4. The lowest BCUT2D eigenvalue weighted by molar-refractivity contribution is -0.144. The van der Waals surface area contributed by atoms with Gasteiger partial charge in [-0.25, -0.2) is 0 Å². The van der Waals surface area contributed by atoms with Gasteiger partial charge in [0.25, 0.3) is 0 Å². The summed E-state index contributed by atoms with van der Waals surface area (Å²) < 4.78 is 14.8. The molecule has 0 atom stereocenters. The molecule has 1 rings (SSSR count). The largest absolute Gasteiger partial charge is 0.497 e. The van der Waals surface area contributed by atoms with Crippen molar-refractivity contribution in [3.8, 4) is 5.75 Å². The first-order valence-corrected chi connectivity index (χ1v) is 5.03. The van der Waals surface area contributed by atoms with Crippen LogP contribution in [0.2, 0.25) is 0 Å². The second kappa shape index (κ2) is 6.85. The van der Waals surface area contributed by atoms with Crippen molar-refractivity contribution in [1.29, 1.82) is 0 Å². The van der Waals surface area contributed by atoms with Crippen LogP contribution in [0.5, 0.6) is 5.75 Å². The number of hydrogen-bond acceptors (Lipinski definition) is 4. The molecule has 0 aromatic heterocycles. The van der Waals surface area contributed by atoms with Gasteiger partial charge < -0.3 is 14.2 Å². The Bertz CT molecular complexity index is 336. The fourth-order valence-electron chi connectivity index (χ4n) is 1.24. The van der Waals surface area contributed by atoms with Gasteiger partial charge in [0.1, 0.15) is 12.4 Å². The monoisotopic (exact) mass is 224 g/mol. The van der Waals surface area contributed by atoms with Gasteiger partial charge in [-0.05, 0) is 17.7 Å². The van der Waals surface area contributed by atoms with Crippen LogP contribution in [0.3, 0.4) is 0 Å². The Morgan fingerprint density at radius 1 is 1.25 bits per heavy atom. The van der Waals surface area contributed by atoms with Crippen LogP contribution in [-0.2, 0) is 20.7 Å². The van der Waals surface area contributed by atoms with E-state index in [1.165, 1.54) is 0 Å². The van der Waals surface area contributed by atoms with Crippen LogP contribution in [0.1, 0.15) is 5.56 Å². The predicted octanol–water partition coefficient (Wildman–Crippen LogP) is 1.43. The Balaban J connectivity index is 2.43. The third-order valence-corrected chi connectivity index (χ3v) is 2.03. The van der Waals surface area contributed by atoms with Crippen LogP contribution < -0.4 is 4.74 Å². The zero-order valence-corrected chi connectivity index (χ0v) is 9.56. The summed E-state index contributed by atoms with van der Waals surface area (Å²) in [6.45, 7) is 0.711. The SMILES string of the molecule is COCCOC(=O)Cc1cccc(OC)c1. The van der Waals surface area contributed by atoms with Crippen LogP contribution in [0.4, 0.5) is 0 Å². The van der Waals surface area contributed by atoms with Gasteiger partial charge in [0, 0.05) is 7.11 Å². The van der Waals surface area contributed by atoms with Crippen LogP contribution >= 0.6 is 0 Å². The van der Waals surface area contributed by atoms with Crippen molar-refractivity contribution in [2.24, 2.45) is 0 Å². The predicted molar refractivity (Wildman–Crippen MR) is 59.5 cm³/mol. The van der Waals surface area contributed by atoms with Crippen molar-refractivity contribution in [2.75, 3.05) is 27.4 Å². The molecule has 0 spiro atoms. The highest BCUT2D eigenvalue weighted by Crippen LogP contribution is 2.13. The van der Waals surface area contributed by atoms with Gasteiger partial charge in [0.2, 0.25) is 0 Å².